The van der Waals surface area contributed by atoms with Crippen molar-refractivity contribution in [2.75, 3.05) is 11.9 Å². The molecule has 2 amide bonds. The zero-order valence-electron chi connectivity index (χ0n) is 13.8. The lowest BCUT2D eigenvalue weighted by atomic mass is 9.87. The molecule has 0 saturated heterocycles. The summed E-state index contributed by atoms with van der Waals surface area (Å²) < 4.78 is 5.38. The summed E-state index contributed by atoms with van der Waals surface area (Å²) in [7, 11) is 0. The first kappa shape index (κ1) is 16.5. The van der Waals surface area contributed by atoms with E-state index in [1.54, 1.807) is 6.26 Å². The van der Waals surface area contributed by atoms with Crippen LogP contribution in [0.15, 0.2) is 34.9 Å². The summed E-state index contributed by atoms with van der Waals surface area (Å²) in [6, 6.07) is 7.15. The summed E-state index contributed by atoms with van der Waals surface area (Å²) in [6.45, 7) is 2.45. The minimum atomic E-state index is -0.240. The first-order valence-electron chi connectivity index (χ1n) is 8.35. The number of aromatic nitrogens is 1. The molecule has 1 saturated carbocycles. The van der Waals surface area contributed by atoms with Crippen molar-refractivity contribution in [3.05, 3.63) is 36.2 Å². The average molecular weight is 329 g/mol. The van der Waals surface area contributed by atoms with Gasteiger partial charge in [-0.15, -0.1) is 0 Å². The molecule has 1 aliphatic carbocycles. The molecule has 2 atom stereocenters. The van der Waals surface area contributed by atoms with Crippen molar-refractivity contribution in [2.24, 2.45) is 5.92 Å². The number of carbonyl (C=O) groups excluding carboxylic acids is 1. The Morgan fingerprint density at radius 1 is 1.42 bits per heavy atom. The molecule has 128 valence electrons. The van der Waals surface area contributed by atoms with Crippen LogP contribution in [0.2, 0.25) is 0 Å². The van der Waals surface area contributed by atoms with Crippen molar-refractivity contribution in [3.8, 4) is 11.5 Å². The third-order valence-electron chi connectivity index (χ3n) is 4.29. The van der Waals surface area contributed by atoms with Crippen LogP contribution in [0.5, 0.6) is 0 Å². The van der Waals surface area contributed by atoms with Crippen LogP contribution in [-0.4, -0.2) is 28.8 Å². The van der Waals surface area contributed by atoms with E-state index in [4.69, 9.17) is 4.42 Å². The van der Waals surface area contributed by atoms with E-state index in [1.165, 1.54) is 0 Å². The molecule has 6 nitrogen and oxygen atoms in total. The molecule has 0 aliphatic heterocycles. The minimum absolute atomic E-state index is 0.227. The van der Waals surface area contributed by atoms with Crippen LogP contribution in [0.3, 0.4) is 0 Å². The van der Waals surface area contributed by atoms with Gasteiger partial charge in [0.2, 0.25) is 5.89 Å². The number of aliphatic hydroxyl groups excluding tert-OH is 1. The Morgan fingerprint density at radius 2 is 2.29 bits per heavy atom. The third-order valence-corrected chi connectivity index (χ3v) is 4.29. The Kier molecular flexibility index (Phi) is 5.15. The number of aliphatic hydroxyl groups is 1. The molecule has 1 aromatic carbocycles. The van der Waals surface area contributed by atoms with E-state index in [1.807, 2.05) is 31.2 Å². The highest BCUT2D eigenvalue weighted by atomic mass is 16.3. The normalized spacial score (nSPS) is 20.6. The average Bonchev–Trinajstić information content (AvgIpc) is 3.00. The number of benzene rings is 1. The molecule has 1 aromatic heterocycles. The lowest BCUT2D eigenvalue weighted by Gasteiger charge is -2.25. The second kappa shape index (κ2) is 7.49. The first-order valence-corrected chi connectivity index (χ1v) is 8.35. The number of oxazole rings is 1. The zero-order chi connectivity index (χ0) is 16.9. The maximum Gasteiger partial charge on any atom is 0.319 e. The molecular formula is C18H23N3O3. The van der Waals surface area contributed by atoms with E-state index in [9.17, 15) is 9.90 Å². The Bertz CT molecular complexity index is 698. The van der Waals surface area contributed by atoms with Crippen molar-refractivity contribution in [1.29, 1.82) is 0 Å². The molecule has 1 heterocycles. The van der Waals surface area contributed by atoms with Gasteiger partial charge < -0.3 is 20.2 Å². The van der Waals surface area contributed by atoms with Crippen LogP contribution in [0.25, 0.3) is 11.5 Å². The zero-order valence-corrected chi connectivity index (χ0v) is 13.8. The van der Waals surface area contributed by atoms with Gasteiger partial charge in [0.05, 0.1) is 11.8 Å². The molecule has 2 unspecified atom stereocenters. The molecule has 3 N–H and O–H groups in total. The smallest absolute Gasteiger partial charge is 0.319 e. The van der Waals surface area contributed by atoms with Gasteiger partial charge in [0.1, 0.15) is 6.26 Å². The summed E-state index contributed by atoms with van der Waals surface area (Å²) in [6.07, 6.45) is 5.08. The second-order valence-corrected chi connectivity index (χ2v) is 6.40. The van der Waals surface area contributed by atoms with Gasteiger partial charge in [0.25, 0.3) is 0 Å². The van der Waals surface area contributed by atoms with Crippen molar-refractivity contribution in [2.45, 2.75) is 38.7 Å². The third kappa shape index (κ3) is 4.35. The summed E-state index contributed by atoms with van der Waals surface area (Å²) in [5, 5.41) is 15.4. The Balaban J connectivity index is 1.54. The van der Waals surface area contributed by atoms with E-state index in [0.29, 0.717) is 24.0 Å². The van der Waals surface area contributed by atoms with Crippen molar-refractivity contribution in [3.63, 3.8) is 0 Å². The number of hydrogen-bond donors (Lipinski definition) is 3. The molecule has 1 fully saturated rings. The van der Waals surface area contributed by atoms with Crippen LogP contribution in [0.1, 0.15) is 31.4 Å². The number of carbonyl (C=O) groups is 1. The number of aryl methyl sites for hydroxylation is 1. The van der Waals surface area contributed by atoms with Gasteiger partial charge in [0.15, 0.2) is 0 Å². The number of hydrogen-bond acceptors (Lipinski definition) is 4. The summed E-state index contributed by atoms with van der Waals surface area (Å²) >= 11 is 0. The van der Waals surface area contributed by atoms with E-state index in [2.05, 4.69) is 15.6 Å². The Hall–Kier alpha value is -2.34. The van der Waals surface area contributed by atoms with Gasteiger partial charge in [-0.2, -0.15) is 0 Å². The fraction of sp³-hybridized carbons (Fsp3) is 0.444. The Labute approximate surface area is 141 Å². The van der Waals surface area contributed by atoms with Crippen molar-refractivity contribution >= 4 is 11.7 Å². The predicted octanol–water partition coefficient (Wildman–Crippen LogP) is 3.32. The quantitative estimate of drug-likeness (QED) is 0.803. The second-order valence-electron chi connectivity index (χ2n) is 6.40. The number of anilines is 1. The van der Waals surface area contributed by atoms with Crippen LogP contribution in [0, 0.1) is 12.8 Å². The van der Waals surface area contributed by atoms with Crippen LogP contribution < -0.4 is 10.6 Å². The fourth-order valence-electron chi connectivity index (χ4n) is 3.08. The van der Waals surface area contributed by atoms with E-state index >= 15 is 0 Å². The first-order chi connectivity index (χ1) is 11.6. The predicted molar refractivity (Wildman–Crippen MR) is 91.7 cm³/mol. The largest absolute Gasteiger partial charge is 0.444 e. The minimum Gasteiger partial charge on any atom is -0.444 e. The standard InChI is InChI=1S/C18H23N3O3/c1-12-11-24-17(20-12)14-5-3-6-15(9-14)21-18(23)19-10-13-4-2-7-16(22)8-13/h3,5-6,9,11,13,16,22H,2,4,7-8,10H2,1H3,(H2,19,21,23). The number of nitrogens with zero attached hydrogens (tertiary/aromatic N) is 1. The number of amides is 2. The summed E-state index contributed by atoms with van der Waals surface area (Å²) in [5.41, 5.74) is 2.32. The highest BCUT2D eigenvalue weighted by Crippen LogP contribution is 2.24. The van der Waals surface area contributed by atoms with E-state index < -0.39 is 0 Å². The maximum atomic E-state index is 12.1. The maximum absolute atomic E-state index is 12.1. The highest BCUT2D eigenvalue weighted by Gasteiger charge is 2.20. The van der Waals surface area contributed by atoms with E-state index in [-0.39, 0.29) is 12.1 Å². The number of nitrogens with one attached hydrogen (secondary N) is 2. The SMILES string of the molecule is Cc1coc(-c2cccc(NC(=O)NCC3CCCC(O)C3)c2)n1. The van der Waals surface area contributed by atoms with E-state index in [0.717, 1.165) is 36.9 Å². The van der Waals surface area contributed by atoms with Crippen LogP contribution in [0.4, 0.5) is 10.5 Å². The molecule has 1 aliphatic rings. The topological polar surface area (TPSA) is 87.4 Å². The van der Waals surface area contributed by atoms with Crippen molar-refractivity contribution in [1.82, 2.24) is 10.3 Å². The Morgan fingerprint density at radius 3 is 3.04 bits per heavy atom. The van der Waals surface area contributed by atoms with Crippen LogP contribution in [-0.2, 0) is 0 Å². The van der Waals surface area contributed by atoms with Gasteiger partial charge in [-0.3, -0.25) is 0 Å². The molecule has 6 heteroatoms. The molecule has 0 radical (unpaired) electrons. The molecular weight excluding hydrogens is 306 g/mol. The molecule has 0 spiro atoms. The van der Waals surface area contributed by atoms with Gasteiger partial charge in [-0.25, -0.2) is 9.78 Å². The van der Waals surface area contributed by atoms with Gasteiger partial charge >= 0.3 is 6.03 Å². The van der Waals surface area contributed by atoms with Crippen molar-refractivity contribution < 1.29 is 14.3 Å². The molecule has 0 bridgehead atoms. The molecule has 3 rings (SSSR count). The monoisotopic (exact) mass is 329 g/mol. The van der Waals surface area contributed by atoms with Gasteiger partial charge in [-0.05, 0) is 50.3 Å². The van der Waals surface area contributed by atoms with Crippen LogP contribution >= 0.6 is 0 Å². The highest BCUT2D eigenvalue weighted by molar-refractivity contribution is 5.89. The number of urea groups is 1. The molecule has 24 heavy (non-hydrogen) atoms. The molecule has 2 aromatic rings. The van der Waals surface area contributed by atoms with Gasteiger partial charge in [0, 0.05) is 17.8 Å². The summed E-state index contributed by atoms with van der Waals surface area (Å²) in [5.74, 6) is 0.883. The number of rotatable bonds is 4. The lowest BCUT2D eigenvalue weighted by molar-refractivity contribution is 0.101. The summed E-state index contributed by atoms with van der Waals surface area (Å²) in [4.78, 5) is 16.4. The fourth-order valence-corrected chi connectivity index (χ4v) is 3.08. The lowest BCUT2D eigenvalue weighted by Crippen LogP contribution is -2.35. The van der Waals surface area contributed by atoms with Gasteiger partial charge in [-0.1, -0.05) is 12.5 Å².